The minimum absolute atomic E-state index is 0.109. The molecule has 20 heavy (non-hydrogen) atoms. The lowest BCUT2D eigenvalue weighted by Gasteiger charge is -2.09. The van der Waals surface area contributed by atoms with Gasteiger partial charge in [-0.05, 0) is 25.0 Å². The van der Waals surface area contributed by atoms with Crippen molar-refractivity contribution in [1.82, 2.24) is 0 Å². The lowest BCUT2D eigenvalue weighted by atomic mass is 10.1. The minimum atomic E-state index is -0.398. The molecule has 1 N–H and O–H groups in total. The number of rotatable bonds is 8. The first-order chi connectivity index (χ1) is 9.75. The maximum absolute atomic E-state index is 10.5. The summed E-state index contributed by atoms with van der Waals surface area (Å²) in [6.07, 6.45) is 2.01. The molecule has 1 aromatic rings. The third kappa shape index (κ3) is 4.79. The minimum Gasteiger partial charge on any atom is -0.385 e. The van der Waals surface area contributed by atoms with Crippen molar-refractivity contribution in [3.8, 4) is 0 Å². The second kappa shape index (κ2) is 7.81. The van der Waals surface area contributed by atoms with Gasteiger partial charge in [-0.2, -0.15) is 0 Å². The molecule has 0 amide bonds. The van der Waals surface area contributed by atoms with Crippen molar-refractivity contribution in [1.29, 1.82) is 0 Å². The predicted molar refractivity (Wildman–Crippen MR) is 75.9 cm³/mol. The number of benzene rings is 1. The van der Waals surface area contributed by atoms with Crippen LogP contribution in [0.1, 0.15) is 12.8 Å². The van der Waals surface area contributed by atoms with Crippen LogP contribution in [0, 0.1) is 16.0 Å². The number of nitro benzene ring substituents is 1. The van der Waals surface area contributed by atoms with Crippen LogP contribution in [0.3, 0.4) is 0 Å². The Labute approximate surface area is 118 Å². The lowest BCUT2D eigenvalue weighted by Crippen LogP contribution is -2.12. The van der Waals surface area contributed by atoms with Crippen molar-refractivity contribution in [2.45, 2.75) is 12.8 Å². The lowest BCUT2D eigenvalue weighted by molar-refractivity contribution is -0.384. The highest BCUT2D eigenvalue weighted by Gasteiger charge is 2.15. The Hall–Kier alpha value is -1.66. The largest absolute Gasteiger partial charge is 0.385 e. The SMILES string of the molecule is O=[N+]([O-])c1ccc(NCCCOC[C@@H]2CCOC2)cc1. The molecule has 0 bridgehead atoms. The molecule has 0 aromatic heterocycles. The molecule has 0 spiro atoms. The van der Waals surface area contributed by atoms with Gasteiger partial charge in [0.15, 0.2) is 0 Å². The number of ether oxygens (including phenoxy) is 2. The number of hydrogen-bond donors (Lipinski definition) is 1. The second-order valence-corrected chi connectivity index (χ2v) is 4.89. The van der Waals surface area contributed by atoms with E-state index in [0.717, 1.165) is 51.5 Å². The topological polar surface area (TPSA) is 73.6 Å². The Bertz CT molecular complexity index is 416. The zero-order valence-electron chi connectivity index (χ0n) is 11.4. The summed E-state index contributed by atoms with van der Waals surface area (Å²) in [5.74, 6) is 0.553. The quantitative estimate of drug-likeness (QED) is 0.450. The molecule has 0 aliphatic carbocycles. The summed E-state index contributed by atoms with van der Waals surface area (Å²) >= 11 is 0. The Morgan fingerprint density at radius 2 is 2.20 bits per heavy atom. The summed E-state index contributed by atoms with van der Waals surface area (Å²) in [7, 11) is 0. The van der Waals surface area contributed by atoms with E-state index in [1.54, 1.807) is 12.1 Å². The Morgan fingerprint density at radius 1 is 1.40 bits per heavy atom. The summed E-state index contributed by atoms with van der Waals surface area (Å²) < 4.78 is 10.9. The number of non-ortho nitro benzene ring substituents is 1. The van der Waals surface area contributed by atoms with Crippen LogP contribution in [-0.2, 0) is 9.47 Å². The predicted octanol–water partition coefficient (Wildman–Crippen LogP) is 2.45. The fourth-order valence-electron chi connectivity index (χ4n) is 2.07. The molecule has 0 radical (unpaired) electrons. The molecular formula is C14H20N2O4. The van der Waals surface area contributed by atoms with Crippen molar-refractivity contribution in [2.24, 2.45) is 5.92 Å². The highest BCUT2D eigenvalue weighted by Crippen LogP contribution is 2.15. The van der Waals surface area contributed by atoms with Crippen LogP contribution < -0.4 is 5.32 Å². The summed E-state index contributed by atoms with van der Waals surface area (Å²) in [5, 5.41) is 13.7. The summed E-state index contributed by atoms with van der Waals surface area (Å²) in [6.45, 7) is 3.96. The highest BCUT2D eigenvalue weighted by molar-refractivity contribution is 5.48. The van der Waals surface area contributed by atoms with Gasteiger partial charge < -0.3 is 14.8 Å². The molecule has 2 rings (SSSR count). The van der Waals surface area contributed by atoms with Gasteiger partial charge in [0.25, 0.3) is 5.69 Å². The van der Waals surface area contributed by atoms with Crippen molar-refractivity contribution >= 4 is 11.4 Å². The number of nitro groups is 1. The zero-order valence-corrected chi connectivity index (χ0v) is 11.4. The molecule has 6 heteroatoms. The van der Waals surface area contributed by atoms with E-state index in [4.69, 9.17) is 9.47 Å². The molecule has 6 nitrogen and oxygen atoms in total. The first-order valence-corrected chi connectivity index (χ1v) is 6.89. The molecule has 0 saturated carbocycles. The maximum atomic E-state index is 10.5. The molecular weight excluding hydrogens is 260 g/mol. The van der Waals surface area contributed by atoms with Gasteiger partial charge in [0.05, 0.1) is 18.1 Å². The fourth-order valence-corrected chi connectivity index (χ4v) is 2.07. The summed E-state index contributed by atoms with van der Waals surface area (Å²) in [5.41, 5.74) is 0.998. The van der Waals surface area contributed by atoms with E-state index in [9.17, 15) is 10.1 Å². The van der Waals surface area contributed by atoms with Crippen molar-refractivity contribution in [3.05, 3.63) is 34.4 Å². The standard InChI is InChI=1S/C14H20N2O4/c17-16(18)14-4-2-13(3-5-14)15-7-1-8-19-10-12-6-9-20-11-12/h2-5,12,15H,1,6-11H2/t12-/m0/s1. The molecule has 1 aliphatic heterocycles. The van der Waals surface area contributed by atoms with Gasteiger partial charge >= 0.3 is 0 Å². The summed E-state index contributed by atoms with van der Waals surface area (Å²) in [4.78, 5) is 10.1. The molecule has 1 fully saturated rings. The maximum Gasteiger partial charge on any atom is 0.269 e. The van der Waals surface area contributed by atoms with Gasteiger partial charge in [-0.1, -0.05) is 0 Å². The van der Waals surface area contributed by atoms with E-state index in [-0.39, 0.29) is 5.69 Å². The molecule has 1 atom stereocenters. The smallest absolute Gasteiger partial charge is 0.269 e. The van der Waals surface area contributed by atoms with E-state index in [0.29, 0.717) is 5.92 Å². The van der Waals surface area contributed by atoms with Gasteiger partial charge in [0.2, 0.25) is 0 Å². The van der Waals surface area contributed by atoms with E-state index < -0.39 is 4.92 Å². The average Bonchev–Trinajstić information content (AvgIpc) is 2.96. The highest BCUT2D eigenvalue weighted by atomic mass is 16.6. The number of hydrogen-bond acceptors (Lipinski definition) is 5. The first-order valence-electron chi connectivity index (χ1n) is 6.89. The molecule has 1 saturated heterocycles. The zero-order chi connectivity index (χ0) is 14.2. The van der Waals surface area contributed by atoms with Crippen LogP contribution in [-0.4, -0.2) is 37.9 Å². The van der Waals surface area contributed by atoms with Gasteiger partial charge in [0.1, 0.15) is 0 Å². The average molecular weight is 280 g/mol. The van der Waals surface area contributed by atoms with Crippen molar-refractivity contribution < 1.29 is 14.4 Å². The summed E-state index contributed by atoms with van der Waals surface area (Å²) in [6, 6.07) is 6.43. The van der Waals surface area contributed by atoms with E-state index >= 15 is 0 Å². The fraction of sp³-hybridized carbons (Fsp3) is 0.571. The number of anilines is 1. The Balaban J connectivity index is 1.55. The Morgan fingerprint density at radius 3 is 2.85 bits per heavy atom. The van der Waals surface area contributed by atoms with E-state index in [1.807, 2.05) is 0 Å². The van der Waals surface area contributed by atoms with Crippen LogP contribution in [0.4, 0.5) is 11.4 Å². The molecule has 0 unspecified atom stereocenters. The monoisotopic (exact) mass is 280 g/mol. The van der Waals surface area contributed by atoms with E-state index in [1.165, 1.54) is 12.1 Å². The molecule has 1 aliphatic rings. The van der Waals surface area contributed by atoms with Crippen molar-refractivity contribution in [2.75, 3.05) is 38.3 Å². The van der Waals surface area contributed by atoms with Crippen LogP contribution in [0.15, 0.2) is 24.3 Å². The number of nitrogens with zero attached hydrogens (tertiary/aromatic N) is 1. The van der Waals surface area contributed by atoms with Gasteiger partial charge in [0, 0.05) is 43.5 Å². The molecule has 110 valence electrons. The van der Waals surface area contributed by atoms with Gasteiger partial charge in [-0.3, -0.25) is 10.1 Å². The van der Waals surface area contributed by atoms with Crippen LogP contribution in [0.2, 0.25) is 0 Å². The third-order valence-electron chi connectivity index (χ3n) is 3.25. The van der Waals surface area contributed by atoms with Gasteiger partial charge in [-0.25, -0.2) is 0 Å². The number of nitrogens with one attached hydrogen (secondary N) is 1. The van der Waals surface area contributed by atoms with Gasteiger partial charge in [-0.15, -0.1) is 0 Å². The second-order valence-electron chi connectivity index (χ2n) is 4.89. The van der Waals surface area contributed by atoms with Crippen LogP contribution in [0.5, 0.6) is 0 Å². The van der Waals surface area contributed by atoms with E-state index in [2.05, 4.69) is 5.32 Å². The third-order valence-corrected chi connectivity index (χ3v) is 3.25. The van der Waals surface area contributed by atoms with Crippen molar-refractivity contribution in [3.63, 3.8) is 0 Å². The van der Waals surface area contributed by atoms with Crippen LogP contribution >= 0.6 is 0 Å². The van der Waals surface area contributed by atoms with Crippen LogP contribution in [0.25, 0.3) is 0 Å². The molecule has 1 heterocycles. The normalized spacial score (nSPS) is 18.1. The molecule has 1 aromatic carbocycles. The Kier molecular flexibility index (Phi) is 5.76. The first kappa shape index (κ1) is 14.7.